The maximum absolute atomic E-state index is 10.8. The highest BCUT2D eigenvalue weighted by molar-refractivity contribution is 5.84. The number of aryl methyl sites for hydroxylation is 3. The second-order valence-corrected chi connectivity index (χ2v) is 7.55. The standard InChI is InChI=1S/C21H27N5O/c1-14-4-5-19-17(10-14)18(12-22-19)20(27)13-25-6-8-26(9-7-25)21-23-15(2)11-16(3)24-21/h4-5,10-12,20,22,27H,6-9,13H2,1-3H3/t20-/m1/s1. The van der Waals surface area contributed by atoms with Crippen molar-refractivity contribution < 1.29 is 5.11 Å². The number of anilines is 1. The van der Waals surface area contributed by atoms with Crippen molar-refractivity contribution in [3.05, 3.63) is 53.0 Å². The SMILES string of the molecule is Cc1ccc2[nH]cc([C@H](O)CN3CCN(c4nc(C)cc(C)n4)CC3)c2c1. The molecule has 2 N–H and O–H groups in total. The van der Waals surface area contributed by atoms with Gasteiger partial charge < -0.3 is 15.0 Å². The number of aromatic nitrogens is 3. The van der Waals surface area contributed by atoms with Gasteiger partial charge in [0.15, 0.2) is 0 Å². The van der Waals surface area contributed by atoms with E-state index in [1.807, 2.05) is 26.1 Å². The molecule has 1 atom stereocenters. The van der Waals surface area contributed by atoms with Crippen LogP contribution >= 0.6 is 0 Å². The zero-order chi connectivity index (χ0) is 19.0. The van der Waals surface area contributed by atoms with Crippen molar-refractivity contribution in [3.63, 3.8) is 0 Å². The summed E-state index contributed by atoms with van der Waals surface area (Å²) in [6.45, 7) is 10.3. The van der Waals surface area contributed by atoms with Crippen molar-refractivity contribution >= 4 is 16.9 Å². The van der Waals surface area contributed by atoms with Crippen LogP contribution in [0, 0.1) is 20.8 Å². The largest absolute Gasteiger partial charge is 0.387 e. The lowest BCUT2D eigenvalue weighted by Crippen LogP contribution is -2.48. The average Bonchev–Trinajstić information content (AvgIpc) is 3.04. The quantitative estimate of drug-likeness (QED) is 0.744. The zero-order valence-electron chi connectivity index (χ0n) is 16.2. The van der Waals surface area contributed by atoms with Crippen LogP contribution in [-0.4, -0.2) is 57.7 Å². The van der Waals surface area contributed by atoms with E-state index >= 15 is 0 Å². The molecule has 0 radical (unpaired) electrons. The van der Waals surface area contributed by atoms with E-state index in [4.69, 9.17) is 0 Å². The van der Waals surface area contributed by atoms with Crippen LogP contribution in [0.2, 0.25) is 0 Å². The van der Waals surface area contributed by atoms with Gasteiger partial charge in [0.1, 0.15) is 0 Å². The van der Waals surface area contributed by atoms with Gasteiger partial charge >= 0.3 is 0 Å². The van der Waals surface area contributed by atoms with Crippen LogP contribution in [-0.2, 0) is 0 Å². The number of hydrogen-bond donors (Lipinski definition) is 2. The first-order chi connectivity index (χ1) is 13.0. The number of benzene rings is 1. The van der Waals surface area contributed by atoms with E-state index < -0.39 is 6.10 Å². The number of aromatic amines is 1. The Hall–Kier alpha value is -2.44. The molecular formula is C21H27N5O. The lowest BCUT2D eigenvalue weighted by Gasteiger charge is -2.35. The third-order valence-corrected chi connectivity index (χ3v) is 5.28. The molecule has 3 aromatic rings. The Morgan fingerprint density at radius 2 is 1.74 bits per heavy atom. The van der Waals surface area contributed by atoms with Gasteiger partial charge in [0.05, 0.1) is 6.10 Å². The van der Waals surface area contributed by atoms with Crippen LogP contribution in [0.3, 0.4) is 0 Å². The van der Waals surface area contributed by atoms with E-state index in [2.05, 4.69) is 49.9 Å². The predicted octanol–water partition coefficient (Wildman–Crippen LogP) is 2.74. The molecule has 0 amide bonds. The van der Waals surface area contributed by atoms with E-state index in [0.717, 1.165) is 60.0 Å². The van der Waals surface area contributed by atoms with Gasteiger partial charge in [-0.1, -0.05) is 11.6 Å². The van der Waals surface area contributed by atoms with Gasteiger partial charge in [-0.15, -0.1) is 0 Å². The highest BCUT2D eigenvalue weighted by atomic mass is 16.3. The molecule has 1 aliphatic heterocycles. The molecule has 0 saturated carbocycles. The minimum absolute atomic E-state index is 0.496. The van der Waals surface area contributed by atoms with Crippen LogP contribution < -0.4 is 4.90 Å². The number of nitrogens with one attached hydrogen (secondary N) is 1. The number of β-amino-alcohol motifs (C(OH)–C–C–N with tert-alkyl or cyclic N) is 1. The summed E-state index contributed by atoms with van der Waals surface area (Å²) >= 11 is 0. The molecule has 0 spiro atoms. The Morgan fingerprint density at radius 3 is 2.44 bits per heavy atom. The Kier molecular flexibility index (Phi) is 4.85. The second kappa shape index (κ2) is 7.29. The number of aliphatic hydroxyl groups is 1. The monoisotopic (exact) mass is 365 g/mol. The topological polar surface area (TPSA) is 68.3 Å². The van der Waals surface area contributed by atoms with Crippen molar-refractivity contribution in [3.8, 4) is 0 Å². The summed E-state index contributed by atoms with van der Waals surface area (Å²) < 4.78 is 0. The summed E-state index contributed by atoms with van der Waals surface area (Å²) in [5, 5.41) is 11.9. The van der Waals surface area contributed by atoms with E-state index in [9.17, 15) is 5.11 Å². The van der Waals surface area contributed by atoms with Crippen molar-refractivity contribution in [1.29, 1.82) is 0 Å². The Morgan fingerprint density at radius 1 is 1.04 bits per heavy atom. The van der Waals surface area contributed by atoms with Crippen molar-refractivity contribution in [2.24, 2.45) is 0 Å². The number of piperazine rings is 1. The van der Waals surface area contributed by atoms with Crippen LogP contribution in [0.15, 0.2) is 30.5 Å². The minimum Gasteiger partial charge on any atom is -0.387 e. The molecule has 27 heavy (non-hydrogen) atoms. The third-order valence-electron chi connectivity index (χ3n) is 5.28. The van der Waals surface area contributed by atoms with Crippen LogP contribution in [0.4, 0.5) is 5.95 Å². The molecule has 142 valence electrons. The van der Waals surface area contributed by atoms with E-state index in [0.29, 0.717) is 6.54 Å². The van der Waals surface area contributed by atoms with E-state index in [-0.39, 0.29) is 0 Å². The van der Waals surface area contributed by atoms with Crippen molar-refractivity contribution in [2.75, 3.05) is 37.6 Å². The summed E-state index contributed by atoms with van der Waals surface area (Å²) in [5.41, 5.74) is 5.27. The van der Waals surface area contributed by atoms with Gasteiger partial charge in [-0.3, -0.25) is 4.90 Å². The van der Waals surface area contributed by atoms with Gasteiger partial charge in [-0.2, -0.15) is 0 Å². The molecule has 3 heterocycles. The molecule has 0 bridgehead atoms. The van der Waals surface area contributed by atoms with Gasteiger partial charge in [0, 0.05) is 66.8 Å². The molecule has 1 aromatic carbocycles. The first-order valence-electron chi connectivity index (χ1n) is 9.55. The fourth-order valence-electron chi connectivity index (χ4n) is 3.85. The molecule has 0 unspecified atom stereocenters. The van der Waals surface area contributed by atoms with Crippen LogP contribution in [0.1, 0.15) is 28.6 Å². The van der Waals surface area contributed by atoms with Gasteiger partial charge in [-0.05, 0) is 39.0 Å². The summed E-state index contributed by atoms with van der Waals surface area (Å²) in [4.78, 5) is 17.0. The molecule has 6 heteroatoms. The lowest BCUT2D eigenvalue weighted by molar-refractivity contribution is 0.110. The molecule has 4 rings (SSSR count). The molecule has 0 aliphatic carbocycles. The zero-order valence-corrected chi connectivity index (χ0v) is 16.2. The maximum atomic E-state index is 10.8. The minimum atomic E-state index is -0.496. The fraction of sp³-hybridized carbons (Fsp3) is 0.429. The van der Waals surface area contributed by atoms with Crippen LogP contribution in [0.25, 0.3) is 10.9 Å². The highest BCUT2D eigenvalue weighted by Gasteiger charge is 2.23. The van der Waals surface area contributed by atoms with Crippen molar-refractivity contribution in [1.82, 2.24) is 19.9 Å². The van der Waals surface area contributed by atoms with E-state index in [1.165, 1.54) is 5.56 Å². The normalized spacial score (nSPS) is 16.8. The first-order valence-corrected chi connectivity index (χ1v) is 9.55. The third kappa shape index (κ3) is 3.82. The number of nitrogens with zero attached hydrogens (tertiary/aromatic N) is 4. The van der Waals surface area contributed by atoms with E-state index in [1.54, 1.807) is 0 Å². The molecular weight excluding hydrogens is 338 g/mol. The number of aliphatic hydroxyl groups excluding tert-OH is 1. The molecule has 1 aliphatic rings. The average molecular weight is 365 g/mol. The first kappa shape index (κ1) is 17.9. The van der Waals surface area contributed by atoms with Crippen molar-refractivity contribution in [2.45, 2.75) is 26.9 Å². The number of fused-ring (bicyclic) bond motifs is 1. The van der Waals surface area contributed by atoms with Crippen LogP contribution in [0.5, 0.6) is 0 Å². The number of rotatable bonds is 4. The smallest absolute Gasteiger partial charge is 0.225 e. The fourth-order valence-corrected chi connectivity index (χ4v) is 3.85. The number of H-pyrrole nitrogens is 1. The highest BCUT2D eigenvalue weighted by Crippen LogP contribution is 2.26. The van der Waals surface area contributed by atoms with Gasteiger partial charge in [0.2, 0.25) is 5.95 Å². The molecule has 6 nitrogen and oxygen atoms in total. The summed E-state index contributed by atoms with van der Waals surface area (Å²) in [6.07, 6.45) is 1.44. The van der Waals surface area contributed by atoms with Gasteiger partial charge in [0.25, 0.3) is 0 Å². The Bertz CT molecular complexity index is 923. The lowest BCUT2D eigenvalue weighted by atomic mass is 10.1. The number of hydrogen-bond acceptors (Lipinski definition) is 5. The molecule has 1 fully saturated rings. The summed E-state index contributed by atoms with van der Waals surface area (Å²) in [5.74, 6) is 0.819. The summed E-state index contributed by atoms with van der Waals surface area (Å²) in [7, 11) is 0. The maximum Gasteiger partial charge on any atom is 0.225 e. The summed E-state index contributed by atoms with van der Waals surface area (Å²) in [6, 6.07) is 8.30. The molecule has 2 aromatic heterocycles. The second-order valence-electron chi connectivity index (χ2n) is 7.55. The Labute approximate surface area is 159 Å². The molecule has 1 saturated heterocycles. The predicted molar refractivity (Wildman–Crippen MR) is 108 cm³/mol. The Balaban J connectivity index is 1.40. The van der Waals surface area contributed by atoms with Gasteiger partial charge in [-0.25, -0.2) is 9.97 Å².